The molecule has 168 valence electrons. The highest BCUT2D eigenvalue weighted by Crippen LogP contribution is 2.18. The van der Waals surface area contributed by atoms with Crippen LogP contribution < -0.4 is 15.5 Å². The molecule has 0 aromatic heterocycles. The Balaban J connectivity index is 1.63. The topological polar surface area (TPSA) is 52.1 Å². The van der Waals surface area contributed by atoms with Crippen LogP contribution in [-0.2, 0) is 24.4 Å². The number of benzene rings is 2. The molecule has 0 bridgehead atoms. The Labute approximate surface area is 185 Å². The molecule has 0 atom stereocenters. The number of halogens is 1. The molecule has 6 nitrogen and oxygen atoms in total. The molecule has 1 fully saturated rings. The molecule has 0 radical (unpaired) electrons. The number of guanidine groups is 1. The molecule has 31 heavy (non-hydrogen) atoms. The van der Waals surface area contributed by atoms with Crippen molar-refractivity contribution in [2.45, 2.75) is 26.6 Å². The second-order valence-electron chi connectivity index (χ2n) is 7.89. The molecular formula is C24H34FN5O. The lowest BCUT2D eigenvalue weighted by molar-refractivity contribution is 0.0341. The maximum atomic E-state index is 14.2. The highest BCUT2D eigenvalue weighted by atomic mass is 19.1. The molecule has 2 aromatic rings. The largest absolute Gasteiger partial charge is 0.379 e. The SMILES string of the molecule is CCNC(=NCc1ccc(N(C)C)c(F)c1)NCc1ccccc1CN1CCOCC1. The van der Waals surface area contributed by atoms with Crippen LogP contribution in [0.4, 0.5) is 10.1 Å². The van der Waals surface area contributed by atoms with Gasteiger partial charge in [-0.2, -0.15) is 0 Å². The maximum Gasteiger partial charge on any atom is 0.191 e. The fraction of sp³-hybridized carbons (Fsp3) is 0.458. The lowest BCUT2D eigenvalue weighted by Crippen LogP contribution is -2.38. The minimum Gasteiger partial charge on any atom is -0.379 e. The number of ether oxygens (including phenoxy) is 1. The predicted molar refractivity (Wildman–Crippen MR) is 125 cm³/mol. The van der Waals surface area contributed by atoms with Gasteiger partial charge in [-0.1, -0.05) is 30.3 Å². The quantitative estimate of drug-likeness (QED) is 0.501. The van der Waals surface area contributed by atoms with Gasteiger partial charge in [0.2, 0.25) is 0 Å². The summed E-state index contributed by atoms with van der Waals surface area (Å²) in [6.45, 7) is 8.35. The number of nitrogens with zero attached hydrogens (tertiary/aromatic N) is 3. The van der Waals surface area contributed by atoms with Gasteiger partial charge in [-0.15, -0.1) is 0 Å². The molecule has 0 amide bonds. The fourth-order valence-electron chi connectivity index (χ4n) is 3.59. The average Bonchev–Trinajstić information content (AvgIpc) is 2.77. The lowest BCUT2D eigenvalue weighted by Gasteiger charge is -2.27. The summed E-state index contributed by atoms with van der Waals surface area (Å²) in [5.74, 6) is 0.494. The highest BCUT2D eigenvalue weighted by Gasteiger charge is 2.13. The van der Waals surface area contributed by atoms with Crippen molar-refractivity contribution < 1.29 is 9.13 Å². The molecule has 3 rings (SSSR count). The Bertz CT molecular complexity index is 865. The Hall–Kier alpha value is -2.64. The van der Waals surface area contributed by atoms with E-state index in [4.69, 9.17) is 4.74 Å². The van der Waals surface area contributed by atoms with Crippen molar-refractivity contribution in [3.05, 3.63) is 65.0 Å². The summed E-state index contributed by atoms with van der Waals surface area (Å²) in [7, 11) is 3.67. The van der Waals surface area contributed by atoms with E-state index in [0.29, 0.717) is 18.8 Å². The van der Waals surface area contributed by atoms with Crippen LogP contribution >= 0.6 is 0 Å². The van der Waals surface area contributed by atoms with Crippen LogP contribution in [0.25, 0.3) is 0 Å². The smallest absolute Gasteiger partial charge is 0.191 e. The van der Waals surface area contributed by atoms with E-state index in [1.165, 1.54) is 11.1 Å². The third-order valence-corrected chi connectivity index (χ3v) is 5.32. The summed E-state index contributed by atoms with van der Waals surface area (Å²) >= 11 is 0. The van der Waals surface area contributed by atoms with Crippen LogP contribution in [-0.4, -0.2) is 57.8 Å². The zero-order valence-electron chi connectivity index (χ0n) is 18.8. The maximum absolute atomic E-state index is 14.2. The van der Waals surface area contributed by atoms with Gasteiger partial charge in [-0.3, -0.25) is 4.90 Å². The van der Waals surface area contributed by atoms with Crippen molar-refractivity contribution in [2.75, 3.05) is 51.8 Å². The molecule has 1 heterocycles. The second kappa shape index (κ2) is 11.7. The van der Waals surface area contributed by atoms with Crippen LogP contribution in [0.1, 0.15) is 23.6 Å². The predicted octanol–water partition coefficient (Wildman–Crippen LogP) is 2.98. The van der Waals surface area contributed by atoms with E-state index in [9.17, 15) is 4.39 Å². The summed E-state index contributed by atoms with van der Waals surface area (Å²) in [5, 5.41) is 6.70. The normalized spacial score (nSPS) is 15.0. The first-order valence-electron chi connectivity index (χ1n) is 10.9. The summed E-state index contributed by atoms with van der Waals surface area (Å²) < 4.78 is 19.7. The third-order valence-electron chi connectivity index (χ3n) is 5.32. The molecule has 7 heteroatoms. The standard InChI is InChI=1S/C24H34FN5O/c1-4-26-24(27-16-19-9-10-23(29(2)3)22(25)15-19)28-17-20-7-5-6-8-21(20)18-30-11-13-31-14-12-30/h5-10,15H,4,11-14,16-18H2,1-3H3,(H2,26,27,28). The zero-order valence-corrected chi connectivity index (χ0v) is 18.8. The van der Waals surface area contributed by atoms with Gasteiger partial charge in [0, 0.05) is 46.8 Å². The van der Waals surface area contributed by atoms with Crippen LogP contribution in [0.5, 0.6) is 0 Å². The molecule has 0 aliphatic carbocycles. The van der Waals surface area contributed by atoms with Crippen molar-refractivity contribution in [2.24, 2.45) is 4.99 Å². The summed E-state index contributed by atoms with van der Waals surface area (Å²) in [5.41, 5.74) is 3.98. The number of hydrogen-bond acceptors (Lipinski definition) is 4. The molecule has 0 spiro atoms. The van der Waals surface area contributed by atoms with Gasteiger partial charge in [0.15, 0.2) is 5.96 Å². The zero-order chi connectivity index (χ0) is 22.1. The van der Waals surface area contributed by atoms with Gasteiger partial charge in [0.05, 0.1) is 25.4 Å². The summed E-state index contributed by atoms with van der Waals surface area (Å²) in [4.78, 5) is 8.84. The van der Waals surface area contributed by atoms with Gasteiger partial charge < -0.3 is 20.3 Å². The van der Waals surface area contributed by atoms with E-state index in [-0.39, 0.29) is 5.82 Å². The molecule has 1 aliphatic heterocycles. The Morgan fingerprint density at radius 1 is 1.10 bits per heavy atom. The monoisotopic (exact) mass is 427 g/mol. The number of rotatable bonds is 8. The van der Waals surface area contributed by atoms with Gasteiger partial charge >= 0.3 is 0 Å². The molecule has 1 saturated heterocycles. The third kappa shape index (κ3) is 6.94. The highest BCUT2D eigenvalue weighted by molar-refractivity contribution is 5.79. The molecule has 1 aliphatic rings. The first-order valence-corrected chi connectivity index (χ1v) is 10.9. The van der Waals surface area contributed by atoms with Crippen molar-refractivity contribution in [3.63, 3.8) is 0 Å². The van der Waals surface area contributed by atoms with Crippen LogP contribution in [0.15, 0.2) is 47.5 Å². The first-order chi connectivity index (χ1) is 15.1. The van der Waals surface area contributed by atoms with Gasteiger partial charge in [0.25, 0.3) is 0 Å². The van der Waals surface area contributed by atoms with Crippen molar-refractivity contribution in [1.29, 1.82) is 0 Å². The van der Waals surface area contributed by atoms with E-state index in [1.54, 1.807) is 17.0 Å². The number of nitrogens with one attached hydrogen (secondary N) is 2. The van der Waals surface area contributed by atoms with E-state index in [2.05, 4.69) is 44.8 Å². The second-order valence-corrected chi connectivity index (χ2v) is 7.89. The van der Waals surface area contributed by atoms with Crippen LogP contribution in [0.2, 0.25) is 0 Å². The van der Waals surface area contributed by atoms with Crippen LogP contribution in [0, 0.1) is 5.82 Å². The van der Waals surface area contributed by atoms with Crippen LogP contribution in [0.3, 0.4) is 0 Å². The number of anilines is 1. The van der Waals surface area contributed by atoms with Gasteiger partial charge in [0.1, 0.15) is 5.82 Å². The number of aliphatic imine (C=N–C) groups is 1. The number of morpholine rings is 1. The Morgan fingerprint density at radius 2 is 1.84 bits per heavy atom. The van der Waals surface area contributed by atoms with Crippen molar-refractivity contribution in [3.8, 4) is 0 Å². The lowest BCUT2D eigenvalue weighted by atomic mass is 10.1. The first kappa shape index (κ1) is 23.0. The molecular weight excluding hydrogens is 393 g/mol. The molecule has 2 aromatic carbocycles. The van der Waals surface area contributed by atoms with E-state index in [1.807, 2.05) is 27.1 Å². The minimum atomic E-state index is -0.229. The van der Waals surface area contributed by atoms with Crippen molar-refractivity contribution >= 4 is 11.6 Å². The molecule has 0 unspecified atom stereocenters. The van der Waals surface area contributed by atoms with E-state index in [0.717, 1.165) is 50.9 Å². The molecule has 2 N–H and O–H groups in total. The Kier molecular flexibility index (Phi) is 8.67. The summed E-state index contributed by atoms with van der Waals surface area (Å²) in [6, 6.07) is 13.8. The minimum absolute atomic E-state index is 0.229. The van der Waals surface area contributed by atoms with Gasteiger partial charge in [-0.25, -0.2) is 9.38 Å². The average molecular weight is 428 g/mol. The van der Waals surface area contributed by atoms with E-state index >= 15 is 0 Å². The Morgan fingerprint density at radius 3 is 2.52 bits per heavy atom. The fourth-order valence-corrected chi connectivity index (χ4v) is 3.59. The molecule has 0 saturated carbocycles. The van der Waals surface area contributed by atoms with Crippen molar-refractivity contribution in [1.82, 2.24) is 15.5 Å². The van der Waals surface area contributed by atoms with E-state index < -0.39 is 0 Å². The summed E-state index contributed by atoms with van der Waals surface area (Å²) in [6.07, 6.45) is 0. The number of hydrogen-bond donors (Lipinski definition) is 2. The van der Waals surface area contributed by atoms with Gasteiger partial charge in [-0.05, 0) is 35.7 Å².